The van der Waals surface area contributed by atoms with E-state index in [1.807, 2.05) is 34.4 Å². The summed E-state index contributed by atoms with van der Waals surface area (Å²) in [4.78, 5) is 30.3. The van der Waals surface area contributed by atoms with E-state index in [0.717, 1.165) is 57.1 Å². The molecule has 3 aromatic rings. The molecular formula is C28H36N4OS. The van der Waals surface area contributed by atoms with Gasteiger partial charge in [0.05, 0.1) is 5.39 Å². The molecule has 6 heteroatoms. The molecule has 2 aromatic heterocycles. The molecule has 1 aliphatic carbocycles. The van der Waals surface area contributed by atoms with Crippen LogP contribution >= 0.6 is 11.3 Å². The van der Waals surface area contributed by atoms with E-state index in [0.29, 0.717) is 12.3 Å². The molecular weight excluding hydrogens is 440 g/mol. The normalized spacial score (nSPS) is 17.5. The van der Waals surface area contributed by atoms with Gasteiger partial charge in [0.15, 0.2) is 0 Å². The first-order chi connectivity index (χ1) is 16.6. The molecule has 0 radical (unpaired) electrons. The van der Waals surface area contributed by atoms with Gasteiger partial charge >= 0.3 is 0 Å². The first-order valence-corrected chi connectivity index (χ1v) is 13.8. The van der Waals surface area contributed by atoms with E-state index in [2.05, 4.69) is 30.9 Å². The Bertz CT molecular complexity index is 1130. The van der Waals surface area contributed by atoms with Crippen molar-refractivity contribution in [3.05, 3.63) is 52.2 Å². The molecule has 1 fully saturated rings. The SMILES string of the molecule is CC[C@@H](C)c1nc(N2CCN(C(=O)CCc3ccccc3)CC2)c2c3c(sc2n1)CCCCC3. The number of piperazine rings is 1. The Labute approximate surface area is 207 Å². The minimum Gasteiger partial charge on any atom is -0.352 e. The van der Waals surface area contributed by atoms with Crippen molar-refractivity contribution in [2.75, 3.05) is 31.1 Å². The third-order valence-corrected chi connectivity index (χ3v) is 8.70. The summed E-state index contributed by atoms with van der Waals surface area (Å²) >= 11 is 1.90. The minimum atomic E-state index is 0.265. The smallest absolute Gasteiger partial charge is 0.223 e. The number of aromatic nitrogens is 2. The highest BCUT2D eigenvalue weighted by Gasteiger charge is 2.27. The Morgan fingerprint density at radius 3 is 2.56 bits per heavy atom. The molecule has 0 bridgehead atoms. The van der Waals surface area contributed by atoms with Crippen molar-refractivity contribution in [2.24, 2.45) is 0 Å². The number of aryl methyl sites for hydroxylation is 3. The number of thiophene rings is 1. The molecule has 1 amide bonds. The maximum Gasteiger partial charge on any atom is 0.223 e. The fraction of sp³-hybridized carbons (Fsp3) is 0.536. The molecule has 0 N–H and O–H groups in total. The Kier molecular flexibility index (Phi) is 7.14. The quantitative estimate of drug-likeness (QED) is 0.425. The number of fused-ring (bicyclic) bond motifs is 3. The Morgan fingerprint density at radius 1 is 1.03 bits per heavy atom. The first kappa shape index (κ1) is 23.3. The lowest BCUT2D eigenvalue weighted by molar-refractivity contribution is -0.131. The summed E-state index contributed by atoms with van der Waals surface area (Å²) in [5.74, 6) is 2.71. The van der Waals surface area contributed by atoms with E-state index in [-0.39, 0.29) is 5.91 Å². The van der Waals surface area contributed by atoms with Gasteiger partial charge in [-0.1, -0.05) is 50.6 Å². The second-order valence-corrected chi connectivity index (χ2v) is 10.9. The van der Waals surface area contributed by atoms with Crippen molar-refractivity contribution in [3.63, 3.8) is 0 Å². The second kappa shape index (κ2) is 10.4. The predicted molar refractivity (Wildman–Crippen MR) is 141 cm³/mol. The van der Waals surface area contributed by atoms with Gasteiger partial charge in [0.25, 0.3) is 0 Å². The molecule has 1 aromatic carbocycles. The lowest BCUT2D eigenvalue weighted by Crippen LogP contribution is -2.49. The molecule has 0 saturated carbocycles. The molecule has 1 saturated heterocycles. The van der Waals surface area contributed by atoms with Gasteiger partial charge in [-0.05, 0) is 49.7 Å². The molecule has 34 heavy (non-hydrogen) atoms. The zero-order chi connectivity index (χ0) is 23.5. The van der Waals surface area contributed by atoms with Crippen LogP contribution in [0.5, 0.6) is 0 Å². The molecule has 2 aliphatic rings. The maximum absolute atomic E-state index is 12.9. The zero-order valence-corrected chi connectivity index (χ0v) is 21.4. The number of carbonyl (C=O) groups excluding carboxylic acids is 1. The van der Waals surface area contributed by atoms with Gasteiger partial charge in [-0.3, -0.25) is 4.79 Å². The van der Waals surface area contributed by atoms with Crippen molar-refractivity contribution in [1.82, 2.24) is 14.9 Å². The number of amides is 1. The van der Waals surface area contributed by atoms with Crippen LogP contribution in [-0.4, -0.2) is 47.0 Å². The van der Waals surface area contributed by atoms with Crippen molar-refractivity contribution < 1.29 is 4.79 Å². The van der Waals surface area contributed by atoms with Crippen molar-refractivity contribution in [2.45, 2.75) is 71.1 Å². The molecule has 0 spiro atoms. The highest BCUT2D eigenvalue weighted by atomic mass is 32.1. The Morgan fingerprint density at radius 2 is 1.79 bits per heavy atom. The van der Waals surface area contributed by atoms with Gasteiger partial charge < -0.3 is 9.80 Å². The van der Waals surface area contributed by atoms with E-state index in [1.54, 1.807) is 0 Å². The minimum absolute atomic E-state index is 0.265. The second-order valence-electron chi connectivity index (χ2n) is 9.81. The van der Waals surface area contributed by atoms with E-state index < -0.39 is 0 Å². The summed E-state index contributed by atoms with van der Waals surface area (Å²) in [7, 11) is 0. The third-order valence-electron chi connectivity index (χ3n) is 7.52. The van der Waals surface area contributed by atoms with Crippen molar-refractivity contribution in [3.8, 4) is 0 Å². The van der Waals surface area contributed by atoms with E-state index in [9.17, 15) is 4.79 Å². The lowest BCUT2D eigenvalue weighted by Gasteiger charge is -2.36. The van der Waals surface area contributed by atoms with Crippen LogP contribution in [-0.2, 0) is 24.1 Å². The van der Waals surface area contributed by atoms with Crippen LogP contribution in [0.3, 0.4) is 0 Å². The van der Waals surface area contributed by atoms with Crippen LogP contribution in [0.4, 0.5) is 5.82 Å². The largest absolute Gasteiger partial charge is 0.352 e. The van der Waals surface area contributed by atoms with Crippen LogP contribution in [0.2, 0.25) is 0 Å². The molecule has 1 atom stereocenters. The maximum atomic E-state index is 12.9. The molecule has 180 valence electrons. The summed E-state index contributed by atoms with van der Waals surface area (Å²) in [6.07, 6.45) is 8.61. The zero-order valence-electron chi connectivity index (χ0n) is 20.6. The molecule has 5 rings (SSSR count). The fourth-order valence-electron chi connectivity index (χ4n) is 5.18. The number of benzene rings is 1. The number of rotatable bonds is 6. The highest BCUT2D eigenvalue weighted by Crippen LogP contribution is 2.40. The summed E-state index contributed by atoms with van der Waals surface area (Å²) in [6.45, 7) is 7.66. The van der Waals surface area contributed by atoms with Gasteiger partial charge in [0.1, 0.15) is 16.5 Å². The van der Waals surface area contributed by atoms with Crippen LogP contribution in [0.1, 0.15) is 73.7 Å². The van der Waals surface area contributed by atoms with E-state index >= 15 is 0 Å². The topological polar surface area (TPSA) is 49.3 Å². The summed E-state index contributed by atoms with van der Waals surface area (Å²) in [5.41, 5.74) is 2.73. The third kappa shape index (κ3) is 4.83. The fourth-order valence-corrected chi connectivity index (χ4v) is 6.45. The molecule has 0 unspecified atom stereocenters. The number of nitrogens with zero attached hydrogens (tertiary/aromatic N) is 4. The molecule has 5 nitrogen and oxygen atoms in total. The first-order valence-electron chi connectivity index (χ1n) is 13.0. The van der Waals surface area contributed by atoms with E-state index in [1.165, 1.54) is 51.9 Å². The molecule has 3 heterocycles. The van der Waals surface area contributed by atoms with Gasteiger partial charge in [0.2, 0.25) is 5.91 Å². The lowest BCUT2D eigenvalue weighted by atomic mass is 10.1. The summed E-state index contributed by atoms with van der Waals surface area (Å²) in [5, 5.41) is 1.30. The van der Waals surface area contributed by atoms with E-state index in [4.69, 9.17) is 9.97 Å². The van der Waals surface area contributed by atoms with Crippen LogP contribution < -0.4 is 4.90 Å². The molecule has 1 aliphatic heterocycles. The van der Waals surface area contributed by atoms with Crippen LogP contribution in [0.25, 0.3) is 10.2 Å². The summed E-state index contributed by atoms with van der Waals surface area (Å²) in [6, 6.07) is 10.3. The highest BCUT2D eigenvalue weighted by molar-refractivity contribution is 7.19. The number of hydrogen-bond donors (Lipinski definition) is 0. The number of hydrogen-bond acceptors (Lipinski definition) is 5. The van der Waals surface area contributed by atoms with Gasteiger partial charge in [-0.2, -0.15) is 0 Å². The summed E-state index contributed by atoms with van der Waals surface area (Å²) < 4.78 is 0. The standard InChI is InChI=1S/C28H36N4OS/c1-3-20(2)26-29-27(25-22-12-8-5-9-13-23(22)34-28(25)30-26)32-18-16-31(17-19-32)24(33)15-14-21-10-6-4-7-11-21/h4,6-7,10-11,20H,3,5,8-9,12-19H2,1-2H3/t20-/m1/s1. The van der Waals surface area contributed by atoms with Crippen molar-refractivity contribution in [1.29, 1.82) is 0 Å². The van der Waals surface area contributed by atoms with Gasteiger partial charge in [-0.25, -0.2) is 9.97 Å². The monoisotopic (exact) mass is 476 g/mol. The van der Waals surface area contributed by atoms with Gasteiger partial charge in [-0.15, -0.1) is 11.3 Å². The Balaban J connectivity index is 1.35. The number of anilines is 1. The van der Waals surface area contributed by atoms with Crippen LogP contribution in [0.15, 0.2) is 30.3 Å². The average Bonchev–Trinajstić information content (AvgIpc) is 3.07. The number of carbonyl (C=O) groups is 1. The average molecular weight is 477 g/mol. The van der Waals surface area contributed by atoms with Crippen LogP contribution in [0, 0.1) is 0 Å². The Hall–Kier alpha value is -2.47. The van der Waals surface area contributed by atoms with Crippen molar-refractivity contribution >= 4 is 33.3 Å². The van der Waals surface area contributed by atoms with Gasteiger partial charge in [0, 0.05) is 43.4 Å². The predicted octanol–water partition coefficient (Wildman–Crippen LogP) is 5.76.